The van der Waals surface area contributed by atoms with Crippen LogP contribution >= 0.6 is 0 Å². The van der Waals surface area contributed by atoms with Gasteiger partial charge < -0.3 is 15.7 Å². The summed E-state index contributed by atoms with van der Waals surface area (Å²) >= 11 is 0. The summed E-state index contributed by atoms with van der Waals surface area (Å²) in [6.45, 7) is 7.67. The minimum absolute atomic E-state index is 0.0588. The number of carbonyl (C=O) groups is 3. The number of aliphatic hydroxyl groups excluding tert-OH is 1. The number of unbranched alkanes of at least 4 members (excludes halogenated alkanes) is 3. The highest BCUT2D eigenvalue weighted by atomic mass is 16.3. The molecule has 7 rings (SSSR count). The number of aromatic nitrogens is 2. The largest absolute Gasteiger partial charge is 0.396 e. The molecule has 3 amide bonds. The average Bonchev–Trinajstić information content (AvgIpc) is 3.83. The van der Waals surface area contributed by atoms with Gasteiger partial charge in [-0.05, 0) is 92.0 Å². The smallest absolute Gasteiger partial charge is 0.261 e. The molecule has 2 aliphatic carbocycles. The Kier molecular flexibility index (Phi) is 10.7. The van der Waals surface area contributed by atoms with E-state index in [-0.39, 0.29) is 37.4 Å². The van der Waals surface area contributed by atoms with E-state index < -0.39 is 0 Å². The molecule has 0 unspecified atom stereocenters. The maximum absolute atomic E-state index is 14.1. The molecule has 3 aliphatic rings. The number of hydrogen-bond acceptors (Lipinski definition) is 7. The van der Waals surface area contributed by atoms with E-state index in [9.17, 15) is 19.5 Å². The van der Waals surface area contributed by atoms with Crippen LogP contribution in [0, 0.1) is 24.7 Å². The number of anilines is 1. The second kappa shape index (κ2) is 15.5. The van der Waals surface area contributed by atoms with Gasteiger partial charge in [0.05, 0.1) is 11.4 Å². The van der Waals surface area contributed by atoms with E-state index in [2.05, 4.69) is 60.8 Å². The Bertz CT molecular complexity index is 1990. The highest BCUT2D eigenvalue weighted by Gasteiger charge is 2.49. The van der Waals surface area contributed by atoms with Crippen LogP contribution in [0.3, 0.4) is 0 Å². The molecule has 0 bridgehead atoms. The summed E-state index contributed by atoms with van der Waals surface area (Å²) in [7, 11) is 0. The lowest BCUT2D eigenvalue weighted by atomic mass is 9.87. The second-order valence-corrected chi connectivity index (χ2v) is 14.8. The number of carbonyl (C=O) groups excluding carboxylic acids is 3. The molecule has 1 saturated carbocycles. The van der Waals surface area contributed by atoms with Crippen molar-refractivity contribution < 1.29 is 19.5 Å². The molecule has 9 nitrogen and oxygen atoms in total. The van der Waals surface area contributed by atoms with Crippen molar-refractivity contribution in [1.29, 1.82) is 0 Å². The van der Waals surface area contributed by atoms with Crippen LogP contribution in [0.5, 0.6) is 0 Å². The van der Waals surface area contributed by atoms with E-state index in [0.29, 0.717) is 40.7 Å². The van der Waals surface area contributed by atoms with Gasteiger partial charge in [-0.3, -0.25) is 19.3 Å². The van der Waals surface area contributed by atoms with Crippen molar-refractivity contribution in [3.63, 3.8) is 0 Å². The molecule has 1 fully saturated rings. The first-order valence-corrected chi connectivity index (χ1v) is 19.4. The van der Waals surface area contributed by atoms with Gasteiger partial charge in [-0.1, -0.05) is 69.5 Å². The number of fused-ring (bicyclic) bond motifs is 2. The van der Waals surface area contributed by atoms with Gasteiger partial charge in [-0.15, -0.1) is 5.10 Å². The SMILES string of the molecule is CCCCCC(=O)NCCN1C(=O)c2cccc3c(NCCCC)c(-c4ccc(-c5nnc(C)c6c5CC[C@@H]5[C@H](CO)[C@@H]5CC6)cc4)cc(c23)C1=O. The van der Waals surface area contributed by atoms with Crippen molar-refractivity contribution in [2.24, 2.45) is 17.8 Å². The molecule has 0 radical (unpaired) electrons. The third kappa shape index (κ3) is 6.83. The predicted octanol–water partition coefficient (Wildman–Crippen LogP) is 7.51. The fourth-order valence-electron chi connectivity index (χ4n) is 8.68. The lowest BCUT2D eigenvalue weighted by molar-refractivity contribution is -0.121. The number of nitrogens with zero attached hydrogens (tertiary/aromatic N) is 3. The molecule has 3 N–H and O–H groups in total. The third-order valence-electron chi connectivity index (χ3n) is 11.6. The molecular formula is C43H51N5O4. The monoisotopic (exact) mass is 701 g/mol. The van der Waals surface area contributed by atoms with Gasteiger partial charge in [0.2, 0.25) is 5.91 Å². The molecule has 4 aromatic rings. The number of aryl methyl sites for hydroxylation is 1. The Morgan fingerprint density at radius 3 is 2.29 bits per heavy atom. The number of hydrogen-bond donors (Lipinski definition) is 3. The first-order chi connectivity index (χ1) is 25.4. The van der Waals surface area contributed by atoms with Gasteiger partial charge in [0.25, 0.3) is 11.8 Å². The Labute approximate surface area is 306 Å². The number of imide groups is 1. The van der Waals surface area contributed by atoms with E-state index in [1.165, 1.54) is 16.0 Å². The lowest BCUT2D eigenvalue weighted by Gasteiger charge is -2.29. The number of amides is 3. The van der Waals surface area contributed by atoms with Crippen LogP contribution in [0.25, 0.3) is 33.2 Å². The quantitative estimate of drug-likeness (QED) is 0.0918. The molecule has 52 heavy (non-hydrogen) atoms. The number of rotatable bonds is 14. The van der Waals surface area contributed by atoms with Gasteiger partial charge in [-0.2, -0.15) is 5.10 Å². The maximum Gasteiger partial charge on any atom is 0.261 e. The van der Waals surface area contributed by atoms with E-state index in [0.717, 1.165) is 103 Å². The standard InChI is InChI=1S/C43H51N5O4/c1-4-6-8-12-38(50)44-22-23-48-42(51)34-11-9-10-33-39(34)36(43(48)52)24-35(41(33)45-21-7-5-2)27-13-15-28(16-14-27)40-32-20-19-31-30(37(31)25-49)18-17-29(32)26(3)46-47-40/h9-11,13-16,24,30-31,37,45,49H,4-8,12,17-23,25H2,1-3H3,(H,44,50)/t30-,31+,37-/m1/s1. The molecule has 1 aromatic heterocycles. The normalized spacial score (nSPS) is 19.2. The minimum atomic E-state index is -0.346. The highest BCUT2D eigenvalue weighted by Crippen LogP contribution is 2.53. The van der Waals surface area contributed by atoms with Crippen LogP contribution in [0.1, 0.15) is 103 Å². The topological polar surface area (TPSA) is 125 Å². The summed E-state index contributed by atoms with van der Waals surface area (Å²) in [6, 6.07) is 16.0. The Morgan fingerprint density at radius 2 is 1.56 bits per heavy atom. The molecule has 3 aromatic carbocycles. The molecular weight excluding hydrogens is 651 g/mol. The Hall–Kier alpha value is -4.63. The summed E-state index contributed by atoms with van der Waals surface area (Å²) in [5.41, 5.74) is 9.26. The zero-order valence-corrected chi connectivity index (χ0v) is 30.8. The van der Waals surface area contributed by atoms with Crippen LogP contribution in [0.15, 0.2) is 48.5 Å². The van der Waals surface area contributed by atoms with Crippen molar-refractivity contribution in [3.05, 3.63) is 76.5 Å². The van der Waals surface area contributed by atoms with Gasteiger partial charge in [0, 0.05) is 71.4 Å². The summed E-state index contributed by atoms with van der Waals surface area (Å²) in [4.78, 5) is 41.5. The van der Waals surface area contributed by atoms with Crippen molar-refractivity contribution in [1.82, 2.24) is 20.4 Å². The van der Waals surface area contributed by atoms with Crippen molar-refractivity contribution in [3.8, 4) is 22.4 Å². The average molecular weight is 702 g/mol. The van der Waals surface area contributed by atoms with Crippen molar-refractivity contribution >= 4 is 34.2 Å². The molecule has 2 heterocycles. The van der Waals surface area contributed by atoms with Crippen LogP contribution in [-0.2, 0) is 17.6 Å². The summed E-state index contributed by atoms with van der Waals surface area (Å²) in [5, 5.41) is 27.3. The molecule has 0 saturated heterocycles. The number of nitrogens with one attached hydrogen (secondary N) is 2. The summed E-state index contributed by atoms with van der Waals surface area (Å²) < 4.78 is 0. The lowest BCUT2D eigenvalue weighted by Crippen LogP contribution is -2.44. The molecule has 272 valence electrons. The van der Waals surface area contributed by atoms with Crippen LogP contribution in [0.4, 0.5) is 5.69 Å². The molecule has 3 atom stereocenters. The van der Waals surface area contributed by atoms with Crippen molar-refractivity contribution in [2.75, 3.05) is 31.6 Å². The Balaban J connectivity index is 1.22. The third-order valence-corrected chi connectivity index (χ3v) is 11.6. The van der Waals surface area contributed by atoms with Crippen LogP contribution in [-0.4, -0.2) is 64.2 Å². The van der Waals surface area contributed by atoms with Crippen molar-refractivity contribution in [2.45, 2.75) is 85.0 Å². The predicted molar refractivity (Wildman–Crippen MR) is 205 cm³/mol. The van der Waals surface area contributed by atoms with E-state index >= 15 is 0 Å². The zero-order chi connectivity index (χ0) is 36.4. The van der Waals surface area contributed by atoms with Crippen LogP contribution < -0.4 is 10.6 Å². The van der Waals surface area contributed by atoms with Gasteiger partial charge in [0.1, 0.15) is 0 Å². The first-order valence-electron chi connectivity index (χ1n) is 19.4. The first kappa shape index (κ1) is 35.8. The molecule has 0 spiro atoms. The number of aliphatic hydroxyl groups is 1. The van der Waals surface area contributed by atoms with Gasteiger partial charge in [0.15, 0.2) is 0 Å². The number of benzene rings is 3. The van der Waals surface area contributed by atoms with Gasteiger partial charge >= 0.3 is 0 Å². The Morgan fingerprint density at radius 1 is 0.846 bits per heavy atom. The fourth-order valence-corrected chi connectivity index (χ4v) is 8.68. The van der Waals surface area contributed by atoms with E-state index in [1.54, 1.807) is 6.07 Å². The van der Waals surface area contributed by atoms with Crippen LogP contribution in [0.2, 0.25) is 0 Å². The van der Waals surface area contributed by atoms with Gasteiger partial charge in [-0.25, -0.2) is 0 Å². The summed E-state index contributed by atoms with van der Waals surface area (Å²) in [6.07, 6.45) is 9.35. The zero-order valence-electron chi connectivity index (χ0n) is 30.8. The maximum atomic E-state index is 14.1. The second-order valence-electron chi connectivity index (χ2n) is 14.8. The van der Waals surface area contributed by atoms with E-state index in [1.807, 2.05) is 18.2 Å². The summed E-state index contributed by atoms with van der Waals surface area (Å²) in [5.74, 6) is 0.907. The minimum Gasteiger partial charge on any atom is -0.396 e. The molecule has 1 aliphatic heterocycles. The fraction of sp³-hybridized carbons (Fsp3) is 0.465. The highest BCUT2D eigenvalue weighted by molar-refractivity contribution is 6.28. The van der Waals surface area contributed by atoms with E-state index in [4.69, 9.17) is 5.10 Å². The molecule has 9 heteroatoms.